The minimum absolute atomic E-state index is 0.115. The van der Waals surface area contributed by atoms with E-state index < -0.39 is 5.91 Å². The molecule has 2 rings (SSSR count). The number of hydrogen-bond acceptors (Lipinski definition) is 5. The second kappa shape index (κ2) is 4.22. The number of nitrogens with two attached hydrogens (primary N) is 2. The molecule has 1 saturated carbocycles. The second-order valence-electron chi connectivity index (χ2n) is 3.86. The van der Waals surface area contributed by atoms with Gasteiger partial charge in [-0.05, 0) is 30.4 Å². The van der Waals surface area contributed by atoms with E-state index in [1.807, 2.05) is 6.07 Å². The Labute approximate surface area is 97.9 Å². The molecular weight excluding hydrogens is 218 g/mol. The largest absolute Gasteiger partial charge is 0.404 e. The lowest BCUT2D eigenvalue weighted by Gasteiger charge is -2.05. The van der Waals surface area contributed by atoms with Crippen LogP contribution in [0.5, 0.6) is 0 Å². The van der Waals surface area contributed by atoms with Crippen LogP contribution in [0.4, 0.5) is 0 Å². The summed E-state index contributed by atoms with van der Waals surface area (Å²) in [6.07, 6.45) is 3.16. The van der Waals surface area contributed by atoms with Gasteiger partial charge in [0.25, 0.3) is 5.91 Å². The molecule has 1 aliphatic carbocycles. The van der Waals surface area contributed by atoms with E-state index in [-0.39, 0.29) is 5.57 Å². The van der Waals surface area contributed by atoms with Crippen molar-refractivity contribution >= 4 is 11.5 Å². The molecule has 0 aromatic carbocycles. The third-order valence-corrected chi connectivity index (χ3v) is 2.65. The Morgan fingerprint density at radius 1 is 1.53 bits per heavy atom. The summed E-state index contributed by atoms with van der Waals surface area (Å²) >= 11 is 0. The fraction of sp³-hybridized carbons (Fsp3) is 0.273. The number of aromatic nitrogens is 2. The molecule has 0 unspecified atom stereocenters. The first-order valence-electron chi connectivity index (χ1n) is 5.17. The van der Waals surface area contributed by atoms with Crippen LogP contribution in [0.15, 0.2) is 12.3 Å². The van der Waals surface area contributed by atoms with Crippen molar-refractivity contribution < 1.29 is 4.79 Å². The molecular formula is C11H11N5O. The zero-order chi connectivity index (χ0) is 12.4. The lowest BCUT2D eigenvalue weighted by Crippen LogP contribution is -2.16. The molecule has 6 nitrogen and oxygen atoms in total. The van der Waals surface area contributed by atoms with Crippen molar-refractivity contribution in [1.29, 1.82) is 5.26 Å². The van der Waals surface area contributed by atoms with E-state index in [1.54, 1.807) is 6.07 Å². The average molecular weight is 229 g/mol. The molecule has 17 heavy (non-hydrogen) atoms. The fourth-order valence-electron chi connectivity index (χ4n) is 1.62. The number of amides is 1. The molecule has 0 radical (unpaired) electrons. The van der Waals surface area contributed by atoms with Gasteiger partial charge in [0.05, 0.1) is 5.57 Å². The van der Waals surface area contributed by atoms with Gasteiger partial charge in [0, 0.05) is 6.20 Å². The van der Waals surface area contributed by atoms with Crippen LogP contribution in [0.3, 0.4) is 0 Å². The van der Waals surface area contributed by atoms with Gasteiger partial charge in [-0.15, -0.1) is 10.2 Å². The van der Waals surface area contributed by atoms with Crippen molar-refractivity contribution in [1.82, 2.24) is 10.2 Å². The van der Waals surface area contributed by atoms with Crippen LogP contribution in [-0.2, 0) is 4.79 Å². The number of rotatable bonds is 3. The molecule has 4 N–H and O–H groups in total. The molecule has 86 valence electrons. The van der Waals surface area contributed by atoms with Crippen LogP contribution in [0.2, 0.25) is 0 Å². The van der Waals surface area contributed by atoms with E-state index in [0.29, 0.717) is 17.3 Å². The third kappa shape index (κ3) is 2.08. The molecule has 1 aromatic heterocycles. The lowest BCUT2D eigenvalue weighted by atomic mass is 10.1. The highest BCUT2D eigenvalue weighted by Crippen LogP contribution is 2.41. The summed E-state index contributed by atoms with van der Waals surface area (Å²) in [6, 6.07) is 3.66. The predicted octanol–water partition coefficient (Wildman–Crippen LogP) is 0.0106. The van der Waals surface area contributed by atoms with Crippen molar-refractivity contribution in [3.63, 3.8) is 0 Å². The Hall–Kier alpha value is -2.42. The van der Waals surface area contributed by atoms with E-state index in [1.165, 1.54) is 0 Å². The van der Waals surface area contributed by atoms with E-state index in [2.05, 4.69) is 10.2 Å². The SMILES string of the molecule is N#Cc1nnc(/C(=C/N)C(N)=O)cc1C1CC1. The molecule has 0 atom stereocenters. The first-order chi connectivity index (χ1) is 8.17. The quantitative estimate of drug-likeness (QED) is 0.707. The smallest absolute Gasteiger partial charge is 0.252 e. The van der Waals surface area contributed by atoms with Gasteiger partial charge in [-0.1, -0.05) is 0 Å². The summed E-state index contributed by atoms with van der Waals surface area (Å²) < 4.78 is 0. The highest BCUT2D eigenvalue weighted by Gasteiger charge is 2.28. The molecule has 0 saturated heterocycles. The maximum absolute atomic E-state index is 11.1. The van der Waals surface area contributed by atoms with Crippen molar-refractivity contribution in [2.24, 2.45) is 11.5 Å². The fourth-order valence-corrected chi connectivity index (χ4v) is 1.62. The Balaban J connectivity index is 2.47. The number of hydrogen-bond donors (Lipinski definition) is 2. The van der Waals surface area contributed by atoms with Crippen molar-refractivity contribution in [2.45, 2.75) is 18.8 Å². The van der Waals surface area contributed by atoms with E-state index >= 15 is 0 Å². The molecule has 0 spiro atoms. The number of primary amides is 1. The molecule has 1 aromatic rings. The van der Waals surface area contributed by atoms with E-state index in [0.717, 1.165) is 24.6 Å². The van der Waals surface area contributed by atoms with Gasteiger partial charge in [-0.2, -0.15) is 5.26 Å². The summed E-state index contributed by atoms with van der Waals surface area (Å²) in [5, 5.41) is 16.5. The van der Waals surface area contributed by atoms with E-state index in [4.69, 9.17) is 16.7 Å². The average Bonchev–Trinajstić information content (AvgIpc) is 3.13. The van der Waals surface area contributed by atoms with Gasteiger partial charge in [0.1, 0.15) is 11.8 Å². The van der Waals surface area contributed by atoms with Gasteiger partial charge < -0.3 is 11.5 Å². The van der Waals surface area contributed by atoms with Crippen LogP contribution < -0.4 is 11.5 Å². The molecule has 0 bridgehead atoms. The molecule has 1 fully saturated rings. The summed E-state index contributed by atoms with van der Waals surface area (Å²) in [6.45, 7) is 0. The molecule has 6 heteroatoms. The Morgan fingerprint density at radius 3 is 2.71 bits per heavy atom. The van der Waals surface area contributed by atoms with Crippen molar-refractivity contribution in [2.75, 3.05) is 0 Å². The Bertz CT molecular complexity index is 539. The summed E-state index contributed by atoms with van der Waals surface area (Å²) in [5.41, 5.74) is 12.0. The number of nitriles is 1. The van der Waals surface area contributed by atoms with Crippen molar-refractivity contribution in [3.05, 3.63) is 29.2 Å². The Morgan fingerprint density at radius 2 is 2.24 bits per heavy atom. The predicted molar refractivity (Wildman–Crippen MR) is 60.1 cm³/mol. The summed E-state index contributed by atoms with van der Waals surface area (Å²) in [7, 11) is 0. The highest BCUT2D eigenvalue weighted by atomic mass is 16.1. The van der Waals surface area contributed by atoms with Crippen LogP contribution in [0.25, 0.3) is 5.57 Å². The summed E-state index contributed by atoms with van der Waals surface area (Å²) in [4.78, 5) is 11.1. The molecule has 1 aliphatic rings. The number of carbonyl (C=O) groups excluding carboxylic acids is 1. The lowest BCUT2D eigenvalue weighted by molar-refractivity contribution is -0.112. The first-order valence-corrected chi connectivity index (χ1v) is 5.17. The minimum atomic E-state index is -0.659. The maximum atomic E-state index is 11.1. The topological polar surface area (TPSA) is 119 Å². The number of carbonyl (C=O) groups is 1. The first kappa shape index (κ1) is 11.1. The van der Waals surface area contributed by atoms with Crippen LogP contribution in [-0.4, -0.2) is 16.1 Å². The van der Waals surface area contributed by atoms with Gasteiger partial charge in [-0.25, -0.2) is 0 Å². The van der Waals surface area contributed by atoms with Crippen LogP contribution in [0, 0.1) is 11.3 Å². The third-order valence-electron chi connectivity index (χ3n) is 2.65. The second-order valence-corrected chi connectivity index (χ2v) is 3.86. The van der Waals surface area contributed by atoms with Gasteiger partial charge >= 0.3 is 0 Å². The molecule has 1 amide bonds. The maximum Gasteiger partial charge on any atom is 0.252 e. The van der Waals surface area contributed by atoms with Gasteiger partial charge in [0.15, 0.2) is 5.69 Å². The summed E-state index contributed by atoms with van der Waals surface area (Å²) in [5.74, 6) is -0.320. The minimum Gasteiger partial charge on any atom is -0.404 e. The molecule has 0 aliphatic heterocycles. The monoisotopic (exact) mass is 229 g/mol. The van der Waals surface area contributed by atoms with Crippen LogP contribution >= 0.6 is 0 Å². The van der Waals surface area contributed by atoms with Gasteiger partial charge in [-0.3, -0.25) is 4.79 Å². The highest BCUT2D eigenvalue weighted by molar-refractivity contribution is 6.17. The van der Waals surface area contributed by atoms with Gasteiger partial charge in [0.2, 0.25) is 0 Å². The normalized spacial score (nSPS) is 15.4. The number of nitrogens with zero attached hydrogens (tertiary/aromatic N) is 3. The van der Waals surface area contributed by atoms with Crippen LogP contribution in [0.1, 0.15) is 35.7 Å². The van der Waals surface area contributed by atoms with Crippen molar-refractivity contribution in [3.8, 4) is 6.07 Å². The standard InChI is InChI=1S/C11H11N5O/c12-4-8(11(14)17)9-3-7(6-1-2-6)10(5-13)16-15-9/h3-4,6H,1-2,12H2,(H2,14,17)/b8-4-. The molecule has 1 heterocycles. The zero-order valence-electron chi connectivity index (χ0n) is 9.05. The zero-order valence-corrected chi connectivity index (χ0v) is 9.05. The van der Waals surface area contributed by atoms with E-state index in [9.17, 15) is 4.79 Å². The Kier molecular flexibility index (Phi) is 2.75.